The summed E-state index contributed by atoms with van der Waals surface area (Å²) in [5, 5.41) is 12.6. The Balaban J connectivity index is 1.99. The Morgan fingerprint density at radius 1 is 1.27 bits per heavy atom. The summed E-state index contributed by atoms with van der Waals surface area (Å²) >= 11 is 0. The van der Waals surface area contributed by atoms with Gasteiger partial charge in [-0.05, 0) is 38.1 Å². The van der Waals surface area contributed by atoms with Gasteiger partial charge in [-0.2, -0.15) is 0 Å². The van der Waals surface area contributed by atoms with E-state index in [1.165, 1.54) is 6.07 Å². The standard InChI is InChI=1S/C17H17N3O2/c1-3-20-14-7-5-4-6-13(14)18-17(20)19-16(22)12-10-11(2)8-9-15(12)21/h4-10,21H,3H2,1-2H3,(H,18,19,22). The number of phenolic OH excluding ortho intramolecular Hbond substituents is 1. The van der Waals surface area contributed by atoms with Crippen molar-refractivity contribution in [3.63, 3.8) is 0 Å². The van der Waals surface area contributed by atoms with Gasteiger partial charge in [0.15, 0.2) is 0 Å². The lowest BCUT2D eigenvalue weighted by molar-refractivity contribution is 0.102. The van der Waals surface area contributed by atoms with Crippen LogP contribution < -0.4 is 5.32 Å². The van der Waals surface area contributed by atoms with Crippen LogP contribution >= 0.6 is 0 Å². The molecule has 0 saturated carbocycles. The first kappa shape index (κ1) is 14.1. The third-order valence-electron chi connectivity index (χ3n) is 3.59. The number of phenols is 1. The molecule has 0 aliphatic heterocycles. The third kappa shape index (κ3) is 2.41. The third-order valence-corrected chi connectivity index (χ3v) is 3.59. The molecule has 0 aliphatic carbocycles. The molecule has 5 heteroatoms. The minimum absolute atomic E-state index is 0.0396. The lowest BCUT2D eigenvalue weighted by Gasteiger charge is -2.09. The fourth-order valence-electron chi connectivity index (χ4n) is 2.49. The predicted octanol–water partition coefficient (Wildman–Crippen LogP) is 3.32. The molecule has 0 spiro atoms. The van der Waals surface area contributed by atoms with E-state index in [0.717, 1.165) is 16.6 Å². The van der Waals surface area contributed by atoms with Crippen LogP contribution in [0, 0.1) is 6.92 Å². The van der Waals surface area contributed by atoms with Gasteiger partial charge in [0.25, 0.3) is 5.91 Å². The van der Waals surface area contributed by atoms with Crippen LogP contribution in [0.2, 0.25) is 0 Å². The highest BCUT2D eigenvalue weighted by Gasteiger charge is 2.16. The van der Waals surface area contributed by atoms with Gasteiger partial charge in [0.2, 0.25) is 5.95 Å². The van der Waals surface area contributed by atoms with Crippen molar-refractivity contribution < 1.29 is 9.90 Å². The van der Waals surface area contributed by atoms with Crippen molar-refractivity contribution in [1.29, 1.82) is 0 Å². The van der Waals surface area contributed by atoms with Gasteiger partial charge in [-0.3, -0.25) is 10.1 Å². The average Bonchev–Trinajstić information content (AvgIpc) is 2.86. The number of hydrogen-bond acceptors (Lipinski definition) is 3. The van der Waals surface area contributed by atoms with Crippen molar-refractivity contribution in [2.24, 2.45) is 0 Å². The number of amides is 1. The number of aromatic hydroxyl groups is 1. The molecule has 3 aromatic rings. The summed E-state index contributed by atoms with van der Waals surface area (Å²) in [4.78, 5) is 16.9. The van der Waals surface area contributed by atoms with Gasteiger partial charge in [-0.25, -0.2) is 4.98 Å². The fourth-order valence-corrected chi connectivity index (χ4v) is 2.49. The van der Waals surface area contributed by atoms with Crippen molar-refractivity contribution in [2.75, 3.05) is 5.32 Å². The second kappa shape index (κ2) is 5.52. The zero-order chi connectivity index (χ0) is 15.7. The van der Waals surface area contributed by atoms with E-state index in [1.807, 2.05) is 42.7 Å². The molecule has 0 fully saturated rings. The topological polar surface area (TPSA) is 67.2 Å². The highest BCUT2D eigenvalue weighted by molar-refractivity contribution is 6.06. The molecule has 0 atom stereocenters. The van der Waals surface area contributed by atoms with Crippen LogP contribution in [-0.2, 0) is 6.54 Å². The van der Waals surface area contributed by atoms with Crippen molar-refractivity contribution in [2.45, 2.75) is 20.4 Å². The normalized spacial score (nSPS) is 10.8. The van der Waals surface area contributed by atoms with Crippen molar-refractivity contribution in [3.05, 3.63) is 53.6 Å². The van der Waals surface area contributed by atoms with Crippen LogP contribution in [0.4, 0.5) is 5.95 Å². The maximum atomic E-state index is 12.4. The molecule has 0 radical (unpaired) electrons. The number of rotatable bonds is 3. The molecule has 2 aromatic carbocycles. The second-order valence-electron chi connectivity index (χ2n) is 5.14. The van der Waals surface area contributed by atoms with Crippen LogP contribution in [0.5, 0.6) is 5.75 Å². The van der Waals surface area contributed by atoms with Crippen molar-refractivity contribution in [1.82, 2.24) is 9.55 Å². The molecule has 1 amide bonds. The number of nitrogens with zero attached hydrogens (tertiary/aromatic N) is 2. The zero-order valence-electron chi connectivity index (χ0n) is 12.5. The average molecular weight is 295 g/mol. The smallest absolute Gasteiger partial charge is 0.261 e. The maximum absolute atomic E-state index is 12.4. The number of benzene rings is 2. The van der Waals surface area contributed by atoms with E-state index in [0.29, 0.717) is 12.5 Å². The molecule has 1 heterocycles. The SMILES string of the molecule is CCn1c(NC(=O)c2cc(C)ccc2O)nc2ccccc21. The maximum Gasteiger partial charge on any atom is 0.261 e. The number of aryl methyl sites for hydroxylation is 2. The molecule has 0 saturated heterocycles. The first-order chi connectivity index (χ1) is 10.6. The number of anilines is 1. The largest absolute Gasteiger partial charge is 0.507 e. The quantitative estimate of drug-likeness (QED) is 0.779. The number of carbonyl (C=O) groups excluding carboxylic acids is 1. The van der Waals surface area contributed by atoms with Gasteiger partial charge in [0, 0.05) is 6.54 Å². The van der Waals surface area contributed by atoms with E-state index >= 15 is 0 Å². The molecular formula is C17H17N3O2. The van der Waals surface area contributed by atoms with E-state index in [2.05, 4.69) is 10.3 Å². The van der Waals surface area contributed by atoms with E-state index in [-0.39, 0.29) is 17.2 Å². The summed E-state index contributed by atoms with van der Waals surface area (Å²) in [7, 11) is 0. The number of aromatic nitrogens is 2. The number of fused-ring (bicyclic) bond motifs is 1. The summed E-state index contributed by atoms with van der Waals surface area (Å²) in [6.45, 7) is 4.56. The monoisotopic (exact) mass is 295 g/mol. The molecule has 2 N–H and O–H groups in total. The fraction of sp³-hybridized carbons (Fsp3) is 0.176. The molecule has 3 rings (SSSR count). The predicted molar refractivity (Wildman–Crippen MR) is 86.2 cm³/mol. The van der Waals surface area contributed by atoms with Gasteiger partial charge in [0.05, 0.1) is 16.6 Å². The number of carbonyl (C=O) groups is 1. The first-order valence-corrected chi connectivity index (χ1v) is 7.16. The summed E-state index contributed by atoms with van der Waals surface area (Å²) in [6, 6.07) is 12.7. The summed E-state index contributed by atoms with van der Waals surface area (Å²) in [6.07, 6.45) is 0. The van der Waals surface area contributed by atoms with E-state index in [4.69, 9.17) is 0 Å². The van der Waals surface area contributed by atoms with Gasteiger partial charge >= 0.3 is 0 Å². The highest BCUT2D eigenvalue weighted by Crippen LogP contribution is 2.22. The number of hydrogen-bond donors (Lipinski definition) is 2. The van der Waals surface area contributed by atoms with Crippen LogP contribution in [-0.4, -0.2) is 20.6 Å². The molecular weight excluding hydrogens is 278 g/mol. The van der Waals surface area contributed by atoms with Gasteiger partial charge in [0.1, 0.15) is 5.75 Å². The Morgan fingerprint density at radius 2 is 2.05 bits per heavy atom. The highest BCUT2D eigenvalue weighted by atomic mass is 16.3. The van der Waals surface area contributed by atoms with Crippen molar-refractivity contribution in [3.8, 4) is 5.75 Å². The first-order valence-electron chi connectivity index (χ1n) is 7.16. The molecule has 0 aliphatic rings. The molecule has 1 aromatic heterocycles. The Labute approximate surface area is 128 Å². The molecule has 0 bridgehead atoms. The summed E-state index contributed by atoms with van der Waals surface area (Å²) in [5.41, 5.74) is 2.95. The molecule has 5 nitrogen and oxygen atoms in total. The molecule has 112 valence electrons. The van der Waals surface area contributed by atoms with E-state index < -0.39 is 0 Å². The van der Waals surface area contributed by atoms with Gasteiger partial charge in [-0.1, -0.05) is 23.8 Å². The lowest BCUT2D eigenvalue weighted by atomic mass is 10.1. The summed E-state index contributed by atoms with van der Waals surface area (Å²) in [5.74, 6) is 0.0723. The van der Waals surface area contributed by atoms with Crippen LogP contribution in [0.1, 0.15) is 22.8 Å². The summed E-state index contributed by atoms with van der Waals surface area (Å²) < 4.78 is 1.93. The van der Waals surface area contributed by atoms with E-state index in [1.54, 1.807) is 12.1 Å². The van der Waals surface area contributed by atoms with Crippen LogP contribution in [0.25, 0.3) is 11.0 Å². The van der Waals surface area contributed by atoms with Crippen LogP contribution in [0.15, 0.2) is 42.5 Å². The minimum Gasteiger partial charge on any atom is -0.507 e. The Hall–Kier alpha value is -2.82. The van der Waals surface area contributed by atoms with Gasteiger partial charge < -0.3 is 9.67 Å². The van der Waals surface area contributed by atoms with Crippen LogP contribution in [0.3, 0.4) is 0 Å². The number of nitrogens with one attached hydrogen (secondary N) is 1. The number of para-hydroxylation sites is 2. The molecule has 22 heavy (non-hydrogen) atoms. The van der Waals surface area contributed by atoms with Gasteiger partial charge in [-0.15, -0.1) is 0 Å². The Kier molecular flexibility index (Phi) is 3.55. The lowest BCUT2D eigenvalue weighted by Crippen LogP contribution is -2.16. The number of imidazole rings is 1. The van der Waals surface area contributed by atoms with Crippen molar-refractivity contribution >= 4 is 22.9 Å². The van der Waals surface area contributed by atoms with E-state index in [9.17, 15) is 9.90 Å². The second-order valence-corrected chi connectivity index (χ2v) is 5.14. The Bertz CT molecular complexity index is 852. The molecule has 0 unspecified atom stereocenters. The minimum atomic E-state index is -0.369. The Morgan fingerprint density at radius 3 is 2.82 bits per heavy atom. The zero-order valence-corrected chi connectivity index (χ0v) is 12.5.